The van der Waals surface area contributed by atoms with Crippen LogP contribution in [-0.2, 0) is 11.3 Å². The van der Waals surface area contributed by atoms with Gasteiger partial charge in [-0.15, -0.1) is 0 Å². The van der Waals surface area contributed by atoms with E-state index in [9.17, 15) is 4.79 Å². The summed E-state index contributed by atoms with van der Waals surface area (Å²) in [4.78, 5) is 17.9. The minimum Gasteiger partial charge on any atom is -0.495 e. The van der Waals surface area contributed by atoms with Gasteiger partial charge >= 0.3 is 0 Å². The van der Waals surface area contributed by atoms with E-state index in [2.05, 4.69) is 33.3 Å². The maximum atomic E-state index is 13.3. The molecule has 1 fully saturated rings. The van der Waals surface area contributed by atoms with Crippen LogP contribution in [0.2, 0.25) is 5.02 Å². The molecule has 3 aromatic carbocycles. The fraction of sp³-hybridized carbons (Fsp3) is 0.406. The minimum atomic E-state index is -0.121. The molecule has 1 saturated heterocycles. The number of anilines is 2. The summed E-state index contributed by atoms with van der Waals surface area (Å²) >= 11 is 6.30. The molecule has 0 unspecified atom stereocenters. The molecule has 2 aliphatic rings. The molecule has 2 aliphatic heterocycles. The molecule has 3 aromatic rings. The molecule has 1 amide bonds. The zero-order valence-corrected chi connectivity index (χ0v) is 23.9. The number of carbonyl (C=O) groups excluding carboxylic acids is 1. The summed E-state index contributed by atoms with van der Waals surface area (Å²) in [7, 11) is 1.73. The molecule has 0 spiro atoms. The summed E-state index contributed by atoms with van der Waals surface area (Å²) in [5, 5.41) is 3.55. The molecule has 212 valence electrons. The molecule has 5 rings (SSSR count). The average molecular weight is 564 g/mol. The quantitative estimate of drug-likeness (QED) is 0.364. The fourth-order valence-corrected chi connectivity index (χ4v) is 5.51. The Balaban J connectivity index is 1.35. The van der Waals surface area contributed by atoms with Crippen molar-refractivity contribution >= 4 is 28.9 Å². The first-order chi connectivity index (χ1) is 19.6. The number of benzene rings is 3. The van der Waals surface area contributed by atoms with Crippen molar-refractivity contribution in [1.29, 1.82) is 0 Å². The predicted octanol–water partition coefficient (Wildman–Crippen LogP) is 7.13. The number of nitrogens with one attached hydrogen (secondary N) is 1. The van der Waals surface area contributed by atoms with Gasteiger partial charge in [0.05, 0.1) is 31.6 Å². The number of ether oxygens (including phenoxy) is 3. The van der Waals surface area contributed by atoms with E-state index >= 15 is 0 Å². The van der Waals surface area contributed by atoms with Crippen molar-refractivity contribution in [3.05, 3.63) is 71.2 Å². The molecule has 0 aromatic heterocycles. The molecule has 40 heavy (non-hydrogen) atoms. The van der Waals surface area contributed by atoms with E-state index in [0.717, 1.165) is 62.3 Å². The van der Waals surface area contributed by atoms with Crippen LogP contribution in [0.4, 0.5) is 11.4 Å². The number of amides is 1. The zero-order chi connectivity index (χ0) is 27.7. The summed E-state index contributed by atoms with van der Waals surface area (Å²) in [5.74, 6) is 2.55. The highest BCUT2D eigenvalue weighted by molar-refractivity contribution is 6.31. The Labute approximate surface area is 242 Å². The van der Waals surface area contributed by atoms with E-state index in [0.29, 0.717) is 41.1 Å². The Bertz CT molecular complexity index is 1290. The van der Waals surface area contributed by atoms with Crippen LogP contribution in [0.1, 0.15) is 44.1 Å². The minimum absolute atomic E-state index is 0.121. The van der Waals surface area contributed by atoms with Gasteiger partial charge in [-0.3, -0.25) is 9.69 Å². The Morgan fingerprint density at radius 3 is 2.48 bits per heavy atom. The van der Waals surface area contributed by atoms with Crippen LogP contribution < -0.4 is 24.4 Å². The monoisotopic (exact) mass is 563 g/mol. The third-order valence-corrected chi connectivity index (χ3v) is 7.61. The first kappa shape index (κ1) is 28.1. The van der Waals surface area contributed by atoms with E-state index < -0.39 is 0 Å². The van der Waals surface area contributed by atoms with Crippen molar-refractivity contribution in [2.24, 2.45) is 0 Å². The van der Waals surface area contributed by atoms with Crippen molar-refractivity contribution < 1.29 is 19.0 Å². The highest BCUT2D eigenvalue weighted by Crippen LogP contribution is 2.37. The zero-order valence-electron chi connectivity index (χ0n) is 23.2. The van der Waals surface area contributed by atoms with Crippen molar-refractivity contribution in [2.75, 3.05) is 50.1 Å². The largest absolute Gasteiger partial charge is 0.495 e. The molecule has 2 heterocycles. The number of halogens is 1. The van der Waals surface area contributed by atoms with Gasteiger partial charge in [0.25, 0.3) is 0 Å². The third kappa shape index (κ3) is 7.40. The van der Waals surface area contributed by atoms with E-state index in [1.165, 1.54) is 12.8 Å². The van der Waals surface area contributed by atoms with E-state index in [1.54, 1.807) is 25.3 Å². The number of carbonyl (C=O) groups is 1. The van der Waals surface area contributed by atoms with Crippen LogP contribution in [0.3, 0.4) is 0 Å². The maximum absolute atomic E-state index is 13.3. The lowest BCUT2D eigenvalue weighted by molar-refractivity contribution is -0.117. The number of methoxy groups -OCH3 is 1. The molecule has 0 saturated carbocycles. The molecule has 1 N–H and O–H groups in total. The second-order valence-electron chi connectivity index (χ2n) is 10.4. The molecule has 7 nitrogen and oxygen atoms in total. The SMILES string of the molecule is COc1cc(CN2CCCCCCOc3ccccc3Oc3ccc(Cl)cc3NC(=O)C2)ccc1N1CCCC1. The summed E-state index contributed by atoms with van der Waals surface area (Å²) in [5.41, 5.74) is 2.79. The van der Waals surface area contributed by atoms with Crippen molar-refractivity contribution in [2.45, 2.75) is 45.1 Å². The lowest BCUT2D eigenvalue weighted by Gasteiger charge is -2.25. The summed E-state index contributed by atoms with van der Waals surface area (Å²) in [6.07, 6.45) is 6.50. The van der Waals surface area contributed by atoms with Gasteiger partial charge in [-0.1, -0.05) is 42.6 Å². The second-order valence-corrected chi connectivity index (χ2v) is 10.8. The highest BCUT2D eigenvalue weighted by Gasteiger charge is 2.19. The van der Waals surface area contributed by atoms with Crippen molar-refractivity contribution in [3.63, 3.8) is 0 Å². The van der Waals surface area contributed by atoms with Gasteiger partial charge in [0, 0.05) is 24.7 Å². The maximum Gasteiger partial charge on any atom is 0.238 e. The first-order valence-corrected chi connectivity index (χ1v) is 14.6. The molecule has 8 heteroatoms. The molecule has 0 atom stereocenters. The fourth-order valence-electron chi connectivity index (χ4n) is 5.34. The predicted molar refractivity (Wildman–Crippen MR) is 160 cm³/mol. The van der Waals surface area contributed by atoms with Crippen molar-refractivity contribution in [1.82, 2.24) is 4.90 Å². The topological polar surface area (TPSA) is 63.3 Å². The van der Waals surface area contributed by atoms with Crippen LogP contribution in [0.15, 0.2) is 60.7 Å². The lowest BCUT2D eigenvalue weighted by atomic mass is 10.1. The highest BCUT2D eigenvalue weighted by atomic mass is 35.5. The molecular weight excluding hydrogens is 526 g/mol. The smallest absolute Gasteiger partial charge is 0.238 e. The summed E-state index contributed by atoms with van der Waals surface area (Å²) in [6.45, 7) is 4.46. The van der Waals surface area contributed by atoms with Gasteiger partial charge in [0.2, 0.25) is 5.91 Å². The van der Waals surface area contributed by atoms with E-state index in [-0.39, 0.29) is 12.5 Å². The van der Waals surface area contributed by atoms with Crippen LogP contribution in [-0.4, -0.2) is 50.7 Å². The number of hydrogen-bond donors (Lipinski definition) is 1. The van der Waals surface area contributed by atoms with Gasteiger partial charge in [-0.25, -0.2) is 0 Å². The Kier molecular flexibility index (Phi) is 9.68. The normalized spacial score (nSPS) is 17.2. The van der Waals surface area contributed by atoms with Crippen LogP contribution in [0.5, 0.6) is 23.0 Å². The standard InChI is InChI=1S/C32H38ClN3O4/c1-38-31-20-24(12-14-27(31)36-17-7-8-18-36)22-35-16-6-2-3-9-19-39-29-10-4-5-11-30(29)40-28-15-13-25(33)21-26(28)34-32(37)23-35/h4-5,10-15,20-21H,2-3,6-9,16-19,22-23H2,1H3,(H,34,37). The number of fused-ring (bicyclic) bond motifs is 2. The van der Waals surface area contributed by atoms with Crippen LogP contribution >= 0.6 is 11.6 Å². The second kappa shape index (κ2) is 13.8. The average Bonchev–Trinajstić information content (AvgIpc) is 3.49. The van der Waals surface area contributed by atoms with Crippen LogP contribution in [0, 0.1) is 0 Å². The summed E-state index contributed by atoms with van der Waals surface area (Å²) < 4.78 is 18.0. The molecular formula is C32H38ClN3O4. The molecule has 0 aliphatic carbocycles. The Morgan fingerprint density at radius 1 is 0.875 bits per heavy atom. The third-order valence-electron chi connectivity index (χ3n) is 7.38. The van der Waals surface area contributed by atoms with Gasteiger partial charge < -0.3 is 24.4 Å². The number of rotatable bonds is 4. The van der Waals surface area contributed by atoms with Gasteiger partial charge in [-0.2, -0.15) is 0 Å². The molecule has 0 bridgehead atoms. The van der Waals surface area contributed by atoms with Crippen LogP contribution in [0.25, 0.3) is 0 Å². The number of nitrogens with zero attached hydrogens (tertiary/aromatic N) is 2. The Morgan fingerprint density at radius 2 is 1.65 bits per heavy atom. The molecule has 0 radical (unpaired) electrons. The van der Waals surface area contributed by atoms with E-state index in [4.69, 9.17) is 25.8 Å². The van der Waals surface area contributed by atoms with Gasteiger partial charge in [0.1, 0.15) is 5.75 Å². The summed E-state index contributed by atoms with van der Waals surface area (Å²) in [6, 6.07) is 19.3. The number of hydrogen-bond acceptors (Lipinski definition) is 6. The first-order valence-electron chi connectivity index (χ1n) is 14.2. The van der Waals surface area contributed by atoms with E-state index in [1.807, 2.05) is 24.3 Å². The van der Waals surface area contributed by atoms with Crippen molar-refractivity contribution in [3.8, 4) is 23.0 Å². The van der Waals surface area contributed by atoms with Gasteiger partial charge in [0.15, 0.2) is 17.2 Å². The Hall–Kier alpha value is -3.42. The van der Waals surface area contributed by atoms with Gasteiger partial charge in [-0.05, 0) is 80.3 Å². The number of para-hydroxylation sites is 2. The lowest BCUT2D eigenvalue weighted by Crippen LogP contribution is -2.33.